The Bertz CT molecular complexity index is 436. The minimum Gasteiger partial charge on any atom is -0.511 e. The van der Waals surface area contributed by atoms with Crippen LogP contribution in [0.2, 0.25) is 0 Å². The second kappa shape index (κ2) is 5.86. The van der Waals surface area contributed by atoms with Crippen LogP contribution in [0.4, 0.5) is 0 Å². The number of hydrogen-bond acceptors (Lipinski definition) is 6. The van der Waals surface area contributed by atoms with Crippen LogP contribution in [0, 0.1) is 11.3 Å². The molecule has 0 heterocycles. The van der Waals surface area contributed by atoms with Crippen LogP contribution in [0.1, 0.15) is 27.2 Å². The van der Waals surface area contributed by atoms with Crippen molar-refractivity contribution in [2.24, 2.45) is 16.5 Å². The maximum Gasteiger partial charge on any atom is 0.316 e. The fourth-order valence-corrected chi connectivity index (χ4v) is 2.13. The maximum atomic E-state index is 12.0. The smallest absolute Gasteiger partial charge is 0.316 e. The average molecular weight is 269 g/mol. The zero-order valence-corrected chi connectivity index (χ0v) is 11.6. The van der Waals surface area contributed by atoms with Gasteiger partial charge in [-0.25, -0.2) is 0 Å². The van der Waals surface area contributed by atoms with Crippen molar-refractivity contribution in [3.63, 3.8) is 0 Å². The molecular weight excluding hydrogens is 250 g/mol. The Morgan fingerprint density at radius 3 is 2.74 bits per heavy atom. The molecular formula is C13H19NO5. The molecule has 1 unspecified atom stereocenters. The molecule has 0 aromatic heterocycles. The molecule has 0 radical (unpaired) electrons. The highest BCUT2D eigenvalue weighted by Crippen LogP contribution is 2.41. The van der Waals surface area contributed by atoms with Crippen LogP contribution in [0.15, 0.2) is 16.5 Å². The summed E-state index contributed by atoms with van der Waals surface area (Å²) in [6.07, 6.45) is 1.27. The first-order valence-corrected chi connectivity index (χ1v) is 6.04. The number of aliphatic hydroxyl groups is 1. The quantitative estimate of drug-likeness (QED) is 0.476. The van der Waals surface area contributed by atoms with Gasteiger partial charge in [0, 0.05) is 6.42 Å². The number of carbonyl (C=O) groups excluding carboxylic acids is 2. The van der Waals surface area contributed by atoms with Gasteiger partial charge < -0.3 is 14.7 Å². The number of ether oxygens (including phenoxy) is 1. The van der Waals surface area contributed by atoms with Gasteiger partial charge in [-0.05, 0) is 12.3 Å². The Morgan fingerprint density at radius 1 is 1.58 bits per heavy atom. The van der Waals surface area contributed by atoms with Gasteiger partial charge in [-0.15, -0.1) is 0 Å². The fourth-order valence-electron chi connectivity index (χ4n) is 2.13. The van der Waals surface area contributed by atoms with Gasteiger partial charge in [-0.3, -0.25) is 9.59 Å². The zero-order chi connectivity index (χ0) is 14.6. The number of oxime groups is 1. The summed E-state index contributed by atoms with van der Waals surface area (Å²) in [5.41, 5.74) is -0.694. The molecule has 1 rings (SSSR count). The van der Waals surface area contributed by atoms with Crippen molar-refractivity contribution >= 4 is 18.0 Å². The third-order valence-electron chi connectivity index (χ3n) is 3.07. The first kappa shape index (κ1) is 15.2. The van der Waals surface area contributed by atoms with Crippen LogP contribution < -0.4 is 0 Å². The zero-order valence-electron chi connectivity index (χ0n) is 11.6. The van der Waals surface area contributed by atoms with Crippen LogP contribution in [0.5, 0.6) is 0 Å². The van der Waals surface area contributed by atoms with Gasteiger partial charge >= 0.3 is 5.97 Å². The van der Waals surface area contributed by atoms with E-state index in [-0.39, 0.29) is 23.5 Å². The highest BCUT2D eigenvalue weighted by atomic mass is 16.6. The average Bonchev–Trinajstić information content (AvgIpc) is 2.31. The molecule has 0 amide bonds. The Balaban J connectivity index is 3.19. The Morgan fingerprint density at radius 2 is 2.21 bits per heavy atom. The van der Waals surface area contributed by atoms with E-state index in [4.69, 9.17) is 4.84 Å². The van der Waals surface area contributed by atoms with Crippen molar-refractivity contribution in [2.75, 3.05) is 13.7 Å². The van der Waals surface area contributed by atoms with Gasteiger partial charge in [0.15, 0.2) is 5.78 Å². The molecule has 1 aliphatic carbocycles. The van der Waals surface area contributed by atoms with E-state index in [0.29, 0.717) is 6.61 Å². The molecule has 1 aliphatic rings. The van der Waals surface area contributed by atoms with Crippen LogP contribution in [-0.4, -0.2) is 36.8 Å². The van der Waals surface area contributed by atoms with Gasteiger partial charge in [0.1, 0.15) is 18.3 Å². The first-order valence-electron chi connectivity index (χ1n) is 6.04. The molecule has 0 spiro atoms. The minimum absolute atomic E-state index is 0.00294. The third kappa shape index (κ3) is 3.13. The minimum atomic E-state index is -0.877. The summed E-state index contributed by atoms with van der Waals surface area (Å²) in [7, 11) is 1.25. The summed E-state index contributed by atoms with van der Waals surface area (Å²) >= 11 is 0. The number of rotatable bonds is 4. The summed E-state index contributed by atoms with van der Waals surface area (Å²) in [5.74, 6) is -2.03. The Kier molecular flexibility index (Phi) is 4.69. The van der Waals surface area contributed by atoms with E-state index in [0.717, 1.165) is 6.21 Å². The third-order valence-corrected chi connectivity index (χ3v) is 3.07. The van der Waals surface area contributed by atoms with E-state index >= 15 is 0 Å². The lowest BCUT2D eigenvalue weighted by Gasteiger charge is -2.35. The predicted molar refractivity (Wildman–Crippen MR) is 68.7 cm³/mol. The topological polar surface area (TPSA) is 85.2 Å². The normalized spacial score (nSPS) is 22.7. The van der Waals surface area contributed by atoms with Gasteiger partial charge in [0.2, 0.25) is 0 Å². The second-order valence-corrected chi connectivity index (χ2v) is 5.00. The van der Waals surface area contributed by atoms with Crippen molar-refractivity contribution < 1.29 is 24.3 Å². The lowest BCUT2D eigenvalue weighted by atomic mass is 9.68. The number of ketones is 1. The molecule has 6 nitrogen and oxygen atoms in total. The van der Waals surface area contributed by atoms with E-state index in [9.17, 15) is 14.7 Å². The molecule has 19 heavy (non-hydrogen) atoms. The predicted octanol–water partition coefficient (Wildman–Crippen LogP) is 1.61. The molecule has 0 saturated heterocycles. The lowest BCUT2D eigenvalue weighted by Crippen LogP contribution is -2.40. The molecule has 1 N–H and O–H groups in total. The summed E-state index contributed by atoms with van der Waals surface area (Å²) in [4.78, 5) is 28.5. The molecule has 0 bridgehead atoms. The number of hydrogen-bond donors (Lipinski definition) is 1. The van der Waals surface area contributed by atoms with Crippen LogP contribution in [0.3, 0.4) is 0 Å². The largest absolute Gasteiger partial charge is 0.511 e. The van der Waals surface area contributed by atoms with Crippen molar-refractivity contribution in [3.8, 4) is 0 Å². The van der Waals surface area contributed by atoms with Crippen molar-refractivity contribution in [1.82, 2.24) is 0 Å². The SMILES string of the molecule is CCO/N=C/C1=C(O)C(C(=O)OC)C(C)(C)CC1=O. The number of esters is 1. The maximum absolute atomic E-state index is 12.0. The standard InChI is InChI=1S/C13H19NO5/c1-5-19-14-7-8-9(15)6-13(2,3)10(11(8)16)12(17)18-4/h7,10,16H,5-6H2,1-4H3/b14-7+. The van der Waals surface area contributed by atoms with E-state index in [1.165, 1.54) is 7.11 Å². The first-order chi connectivity index (χ1) is 8.85. The summed E-state index contributed by atoms with van der Waals surface area (Å²) < 4.78 is 4.68. The van der Waals surface area contributed by atoms with Gasteiger partial charge in [-0.1, -0.05) is 19.0 Å². The number of nitrogens with zero attached hydrogens (tertiary/aromatic N) is 1. The Labute approximate surface area is 112 Å². The number of allylic oxidation sites excluding steroid dienone is 1. The number of aliphatic hydroxyl groups excluding tert-OH is 1. The van der Waals surface area contributed by atoms with Crippen molar-refractivity contribution in [2.45, 2.75) is 27.2 Å². The summed E-state index contributed by atoms with van der Waals surface area (Å²) in [6.45, 7) is 5.57. The molecule has 106 valence electrons. The molecule has 0 saturated carbocycles. The monoisotopic (exact) mass is 269 g/mol. The molecule has 6 heteroatoms. The highest BCUT2D eigenvalue weighted by molar-refractivity contribution is 6.15. The second-order valence-electron chi connectivity index (χ2n) is 5.00. The van der Waals surface area contributed by atoms with Gasteiger partial charge in [0.05, 0.1) is 18.9 Å². The van der Waals surface area contributed by atoms with Gasteiger partial charge in [0.25, 0.3) is 0 Å². The highest BCUT2D eigenvalue weighted by Gasteiger charge is 2.46. The molecule has 0 fully saturated rings. The number of carbonyl (C=O) groups is 2. The van der Waals surface area contributed by atoms with Crippen molar-refractivity contribution in [3.05, 3.63) is 11.3 Å². The molecule has 1 atom stereocenters. The molecule has 0 aromatic rings. The fraction of sp³-hybridized carbons (Fsp3) is 0.615. The molecule has 0 aliphatic heterocycles. The Hall–Kier alpha value is -1.85. The van der Waals surface area contributed by atoms with Crippen LogP contribution >= 0.6 is 0 Å². The van der Waals surface area contributed by atoms with Gasteiger partial charge in [-0.2, -0.15) is 0 Å². The van der Waals surface area contributed by atoms with E-state index in [2.05, 4.69) is 9.89 Å². The molecule has 0 aromatic carbocycles. The van der Waals surface area contributed by atoms with Crippen LogP contribution in [-0.2, 0) is 19.2 Å². The summed E-state index contributed by atoms with van der Waals surface area (Å²) in [6, 6.07) is 0. The van der Waals surface area contributed by atoms with E-state index in [1.807, 2.05) is 0 Å². The number of Topliss-reactive ketones (excluding diaryl/α,β-unsaturated/α-hetero) is 1. The van der Waals surface area contributed by atoms with Crippen molar-refractivity contribution in [1.29, 1.82) is 0 Å². The lowest BCUT2D eigenvalue weighted by molar-refractivity contribution is -0.150. The van der Waals surface area contributed by atoms with Crippen LogP contribution in [0.25, 0.3) is 0 Å². The van der Waals surface area contributed by atoms with E-state index in [1.54, 1.807) is 20.8 Å². The van der Waals surface area contributed by atoms with E-state index < -0.39 is 17.3 Å². The number of methoxy groups -OCH3 is 1. The summed E-state index contributed by atoms with van der Waals surface area (Å²) in [5, 5.41) is 13.7.